The molecule has 166 valence electrons. The molecule has 0 bridgehead atoms. The molecule has 2 aliphatic rings. The van der Waals surface area contributed by atoms with Crippen LogP contribution in [0.2, 0.25) is 0 Å². The Morgan fingerprint density at radius 1 is 1.19 bits per heavy atom. The van der Waals surface area contributed by atoms with E-state index in [-0.39, 0.29) is 23.4 Å². The van der Waals surface area contributed by atoms with Crippen molar-refractivity contribution in [3.05, 3.63) is 57.5 Å². The van der Waals surface area contributed by atoms with Gasteiger partial charge in [0.1, 0.15) is 11.1 Å². The first-order valence-electron chi connectivity index (χ1n) is 11.0. The Kier molecular flexibility index (Phi) is 5.16. The summed E-state index contributed by atoms with van der Waals surface area (Å²) in [4.78, 5) is 46.0. The fraction of sp³-hybridized carbons (Fsp3) is 0.391. The van der Waals surface area contributed by atoms with E-state index in [2.05, 4.69) is 20.2 Å². The highest BCUT2D eigenvalue weighted by Gasteiger charge is 2.30. The molecule has 1 fully saturated rings. The molecule has 9 heteroatoms. The summed E-state index contributed by atoms with van der Waals surface area (Å²) in [5.74, 6) is -0.887. The molecule has 5 rings (SSSR count). The van der Waals surface area contributed by atoms with Crippen molar-refractivity contribution in [3.8, 4) is 0 Å². The van der Waals surface area contributed by atoms with Crippen LogP contribution in [0.3, 0.4) is 0 Å². The Morgan fingerprint density at radius 2 is 1.97 bits per heavy atom. The van der Waals surface area contributed by atoms with Crippen molar-refractivity contribution in [2.24, 2.45) is 11.7 Å². The van der Waals surface area contributed by atoms with Crippen LogP contribution in [-0.4, -0.2) is 34.9 Å². The van der Waals surface area contributed by atoms with Crippen molar-refractivity contribution in [2.45, 2.75) is 38.1 Å². The van der Waals surface area contributed by atoms with Gasteiger partial charge in [-0.3, -0.25) is 14.4 Å². The van der Waals surface area contributed by atoms with Crippen LogP contribution >= 0.6 is 0 Å². The number of hydrogen-bond acceptors (Lipinski definition) is 6. The average molecular weight is 435 g/mol. The van der Waals surface area contributed by atoms with Crippen molar-refractivity contribution in [2.75, 3.05) is 18.0 Å². The second kappa shape index (κ2) is 8.14. The zero-order valence-corrected chi connectivity index (χ0v) is 17.6. The van der Waals surface area contributed by atoms with Crippen LogP contribution in [0.25, 0.3) is 11.1 Å². The number of aromatic amines is 1. The number of oxazole rings is 1. The number of H-pyrrole nitrogens is 1. The lowest BCUT2D eigenvalue weighted by Gasteiger charge is -2.32. The molecule has 1 saturated heterocycles. The summed E-state index contributed by atoms with van der Waals surface area (Å²) < 4.78 is 5.85. The van der Waals surface area contributed by atoms with Crippen molar-refractivity contribution in [1.82, 2.24) is 15.3 Å². The zero-order valence-electron chi connectivity index (χ0n) is 17.6. The first-order chi connectivity index (χ1) is 15.5. The number of aromatic nitrogens is 2. The van der Waals surface area contributed by atoms with E-state index in [4.69, 9.17) is 10.2 Å². The Labute approximate surface area is 184 Å². The van der Waals surface area contributed by atoms with Gasteiger partial charge < -0.3 is 25.4 Å². The molecule has 1 aliphatic carbocycles. The quantitative estimate of drug-likeness (QED) is 0.574. The van der Waals surface area contributed by atoms with Crippen LogP contribution in [0.1, 0.15) is 53.3 Å². The number of piperidine rings is 1. The summed E-state index contributed by atoms with van der Waals surface area (Å²) in [6.07, 6.45) is 3.70. The van der Waals surface area contributed by atoms with E-state index in [0.717, 1.165) is 35.2 Å². The molecular formula is C23H25N5O4. The number of para-hydroxylation sites is 2. The van der Waals surface area contributed by atoms with E-state index in [1.165, 1.54) is 6.07 Å². The molecule has 4 N–H and O–H groups in total. The zero-order chi connectivity index (χ0) is 22.2. The van der Waals surface area contributed by atoms with E-state index in [0.29, 0.717) is 38.4 Å². The van der Waals surface area contributed by atoms with Gasteiger partial charge in [0.2, 0.25) is 5.91 Å². The van der Waals surface area contributed by atoms with E-state index in [1.54, 1.807) is 0 Å². The normalized spacial score (nSPS) is 19.0. The molecule has 9 nitrogen and oxygen atoms in total. The third kappa shape index (κ3) is 3.74. The lowest BCUT2D eigenvalue weighted by molar-refractivity contribution is -0.126. The lowest BCUT2D eigenvalue weighted by atomic mass is 9.89. The SMILES string of the molecule is NC(=O)c1cc2c([nH]c1=O)CCCC2NC(=O)C1CCN(c2nc3ccccc3o2)CC1. The molecule has 3 aromatic rings. The Hall–Kier alpha value is -3.62. The van der Waals surface area contributed by atoms with Crippen LogP contribution in [0.15, 0.2) is 39.5 Å². The number of benzene rings is 1. The predicted octanol–water partition coefficient (Wildman–Crippen LogP) is 2.03. The first kappa shape index (κ1) is 20.3. The minimum Gasteiger partial charge on any atom is -0.423 e. The number of amides is 2. The maximum absolute atomic E-state index is 13.0. The third-order valence-corrected chi connectivity index (χ3v) is 6.45. The molecule has 2 amide bonds. The van der Waals surface area contributed by atoms with Gasteiger partial charge in [-0.15, -0.1) is 0 Å². The molecule has 0 spiro atoms. The molecule has 0 radical (unpaired) electrons. The van der Waals surface area contributed by atoms with Crippen LogP contribution in [-0.2, 0) is 11.2 Å². The number of hydrogen-bond donors (Lipinski definition) is 3. The van der Waals surface area contributed by atoms with Crippen molar-refractivity contribution < 1.29 is 14.0 Å². The minimum absolute atomic E-state index is 0.00751. The number of nitrogens with one attached hydrogen (secondary N) is 2. The number of carbonyl (C=O) groups is 2. The fourth-order valence-electron chi connectivity index (χ4n) is 4.69. The molecule has 3 heterocycles. The van der Waals surface area contributed by atoms with Gasteiger partial charge in [-0.25, -0.2) is 0 Å². The highest BCUT2D eigenvalue weighted by Crippen LogP contribution is 2.30. The number of nitrogens with zero attached hydrogens (tertiary/aromatic N) is 2. The van der Waals surface area contributed by atoms with E-state index in [1.807, 2.05) is 24.3 Å². The van der Waals surface area contributed by atoms with Crippen LogP contribution in [0, 0.1) is 5.92 Å². The van der Waals surface area contributed by atoms with E-state index >= 15 is 0 Å². The summed E-state index contributed by atoms with van der Waals surface area (Å²) in [7, 11) is 0. The lowest BCUT2D eigenvalue weighted by Crippen LogP contribution is -2.42. The number of primary amides is 1. The largest absolute Gasteiger partial charge is 0.423 e. The third-order valence-electron chi connectivity index (χ3n) is 6.45. The Morgan fingerprint density at radius 3 is 2.72 bits per heavy atom. The van der Waals surface area contributed by atoms with Gasteiger partial charge in [0.15, 0.2) is 5.58 Å². The van der Waals surface area contributed by atoms with Gasteiger partial charge in [0.25, 0.3) is 17.5 Å². The number of rotatable bonds is 4. The van der Waals surface area contributed by atoms with Crippen LogP contribution < -0.4 is 21.5 Å². The second-order valence-corrected chi connectivity index (χ2v) is 8.49. The maximum Gasteiger partial charge on any atom is 0.298 e. The summed E-state index contributed by atoms with van der Waals surface area (Å²) in [6, 6.07) is 9.55. The summed E-state index contributed by atoms with van der Waals surface area (Å²) in [6.45, 7) is 1.37. The molecule has 1 aromatic carbocycles. The molecule has 1 atom stereocenters. The average Bonchev–Trinajstić information content (AvgIpc) is 3.23. The van der Waals surface area contributed by atoms with E-state index in [9.17, 15) is 14.4 Å². The van der Waals surface area contributed by atoms with Crippen LogP contribution in [0.5, 0.6) is 0 Å². The number of carbonyl (C=O) groups excluding carboxylic acids is 2. The number of aryl methyl sites for hydroxylation is 1. The molecule has 32 heavy (non-hydrogen) atoms. The molecule has 1 unspecified atom stereocenters. The Balaban J connectivity index is 1.25. The topological polar surface area (TPSA) is 134 Å². The Bertz CT molecular complexity index is 1210. The van der Waals surface area contributed by atoms with Crippen molar-refractivity contribution in [3.63, 3.8) is 0 Å². The van der Waals surface area contributed by atoms with Gasteiger partial charge in [-0.2, -0.15) is 4.98 Å². The molecule has 1 aliphatic heterocycles. The number of anilines is 1. The minimum atomic E-state index is -0.767. The molecular weight excluding hydrogens is 410 g/mol. The van der Waals surface area contributed by atoms with Crippen molar-refractivity contribution in [1.29, 1.82) is 0 Å². The molecule has 0 saturated carbocycles. The molecule has 2 aromatic heterocycles. The van der Waals surface area contributed by atoms with Gasteiger partial charge in [-0.05, 0) is 55.9 Å². The summed E-state index contributed by atoms with van der Waals surface area (Å²) >= 11 is 0. The fourth-order valence-corrected chi connectivity index (χ4v) is 4.69. The number of pyridine rings is 1. The van der Waals surface area contributed by atoms with Gasteiger partial charge in [0.05, 0.1) is 6.04 Å². The van der Waals surface area contributed by atoms with Crippen LogP contribution in [0.4, 0.5) is 6.01 Å². The van der Waals surface area contributed by atoms with Gasteiger partial charge in [0, 0.05) is 24.7 Å². The van der Waals surface area contributed by atoms with Gasteiger partial charge >= 0.3 is 0 Å². The van der Waals surface area contributed by atoms with Gasteiger partial charge in [-0.1, -0.05) is 12.1 Å². The summed E-state index contributed by atoms with van der Waals surface area (Å²) in [5.41, 5.74) is 7.91. The predicted molar refractivity (Wildman–Crippen MR) is 118 cm³/mol. The monoisotopic (exact) mass is 435 g/mol. The second-order valence-electron chi connectivity index (χ2n) is 8.49. The van der Waals surface area contributed by atoms with Crippen molar-refractivity contribution >= 4 is 28.9 Å². The number of nitrogens with two attached hydrogens (primary N) is 1. The maximum atomic E-state index is 13.0. The standard InChI is InChI=1S/C23H25N5O4/c24-20(29)15-12-14-16(5-3-6-17(14)26-22(15)31)25-21(30)13-8-10-28(11-9-13)23-27-18-4-1-2-7-19(18)32-23/h1-2,4,7,12-13,16H,3,5-6,8-11H2,(H2,24,29)(H,25,30)(H,26,31). The first-order valence-corrected chi connectivity index (χ1v) is 11.0. The van der Waals surface area contributed by atoms with E-state index < -0.39 is 11.5 Å². The number of fused-ring (bicyclic) bond motifs is 2. The highest BCUT2D eigenvalue weighted by molar-refractivity contribution is 5.92. The summed E-state index contributed by atoms with van der Waals surface area (Å²) in [5, 5.41) is 3.14. The smallest absolute Gasteiger partial charge is 0.298 e. The highest BCUT2D eigenvalue weighted by atomic mass is 16.4.